The van der Waals surface area contributed by atoms with Crippen molar-refractivity contribution in [3.63, 3.8) is 0 Å². The lowest BCUT2D eigenvalue weighted by molar-refractivity contribution is -0.136. The van der Waals surface area contributed by atoms with Crippen molar-refractivity contribution in [1.82, 2.24) is 10.2 Å². The molecule has 0 saturated heterocycles. The first-order chi connectivity index (χ1) is 16.3. The predicted octanol–water partition coefficient (Wildman–Crippen LogP) is 5.06. The third kappa shape index (κ3) is 7.00. The number of amides is 1. The first-order valence-electron chi connectivity index (χ1n) is 11.7. The molecule has 1 unspecified atom stereocenters. The van der Waals surface area contributed by atoms with E-state index in [1.165, 1.54) is 13.2 Å². The zero-order valence-electron chi connectivity index (χ0n) is 20.3. The molecule has 3 rings (SSSR count). The van der Waals surface area contributed by atoms with Gasteiger partial charge in [-0.2, -0.15) is 0 Å². The van der Waals surface area contributed by atoms with Crippen molar-refractivity contribution >= 4 is 17.5 Å². The van der Waals surface area contributed by atoms with Gasteiger partial charge in [0.05, 0.1) is 25.3 Å². The van der Waals surface area contributed by atoms with Crippen LogP contribution < -0.4 is 19.5 Å². The summed E-state index contributed by atoms with van der Waals surface area (Å²) in [6.07, 6.45) is 0.799. The highest BCUT2D eigenvalue weighted by Crippen LogP contribution is 2.38. The Hall–Kier alpha value is -2.51. The Balaban J connectivity index is 1.64. The van der Waals surface area contributed by atoms with Crippen molar-refractivity contribution in [3.8, 4) is 17.2 Å². The number of halogens is 2. The number of hydrogen-bond donors (Lipinski definition) is 1. The minimum Gasteiger partial charge on any atom is -0.494 e. The van der Waals surface area contributed by atoms with E-state index < -0.39 is 5.82 Å². The smallest absolute Gasteiger partial charge is 0.226 e. The van der Waals surface area contributed by atoms with Crippen LogP contribution in [0.1, 0.15) is 38.3 Å². The highest BCUT2D eigenvalue weighted by molar-refractivity contribution is 6.32. The van der Waals surface area contributed by atoms with Crippen LogP contribution in [0.4, 0.5) is 4.39 Å². The average molecular weight is 493 g/mol. The van der Waals surface area contributed by atoms with Gasteiger partial charge in [0.2, 0.25) is 5.91 Å². The summed E-state index contributed by atoms with van der Waals surface area (Å²) in [5.74, 6) is 1.14. The number of carbonyl (C=O) groups is 1. The van der Waals surface area contributed by atoms with Crippen LogP contribution in [0.3, 0.4) is 0 Å². The summed E-state index contributed by atoms with van der Waals surface area (Å²) in [5, 5.41) is 3.80. The van der Waals surface area contributed by atoms with Crippen LogP contribution in [0.25, 0.3) is 0 Å². The number of nitrogens with zero attached hydrogens (tertiary/aromatic N) is 1. The van der Waals surface area contributed by atoms with Crippen molar-refractivity contribution < 1.29 is 23.4 Å². The standard InChI is InChI=1S/C26H34ClFN2O4/c1-17(2)15-30(16-20-10-21(27)25-24(12-20)33-8-5-9-34-25)26(31)18(3)13-29-14-19-6-7-22(28)23(11-19)32-4/h6-7,10-12,17-18,29H,5,8-9,13-16H2,1-4H3. The number of fused-ring (bicyclic) bond motifs is 1. The normalized spacial score (nSPS) is 14.0. The van der Waals surface area contributed by atoms with Crippen LogP contribution in [-0.2, 0) is 17.9 Å². The molecule has 1 atom stereocenters. The molecule has 0 bridgehead atoms. The molecule has 0 spiro atoms. The molecular weight excluding hydrogens is 459 g/mol. The highest BCUT2D eigenvalue weighted by Gasteiger charge is 2.23. The average Bonchev–Trinajstić information content (AvgIpc) is 3.05. The molecule has 6 nitrogen and oxygen atoms in total. The SMILES string of the molecule is COc1cc(CNCC(C)C(=O)N(Cc2cc(Cl)c3c(c2)OCCCO3)CC(C)C)ccc1F. The van der Waals surface area contributed by atoms with Gasteiger partial charge in [-0.25, -0.2) is 4.39 Å². The van der Waals surface area contributed by atoms with E-state index in [1.807, 2.05) is 24.0 Å². The zero-order chi connectivity index (χ0) is 24.7. The van der Waals surface area contributed by atoms with Gasteiger partial charge in [-0.3, -0.25) is 4.79 Å². The molecule has 186 valence electrons. The van der Waals surface area contributed by atoms with E-state index in [4.69, 9.17) is 25.8 Å². The maximum atomic E-state index is 13.6. The van der Waals surface area contributed by atoms with E-state index in [0.29, 0.717) is 61.8 Å². The lowest BCUT2D eigenvalue weighted by Crippen LogP contribution is -2.40. The van der Waals surface area contributed by atoms with Gasteiger partial charge in [0, 0.05) is 38.5 Å². The minimum absolute atomic E-state index is 0.0566. The van der Waals surface area contributed by atoms with Crippen molar-refractivity contribution in [1.29, 1.82) is 0 Å². The first-order valence-corrected chi connectivity index (χ1v) is 12.1. The van der Waals surface area contributed by atoms with Crippen LogP contribution in [0.2, 0.25) is 5.02 Å². The summed E-state index contributed by atoms with van der Waals surface area (Å²) in [4.78, 5) is 15.2. The molecule has 0 aliphatic carbocycles. The van der Waals surface area contributed by atoms with E-state index in [-0.39, 0.29) is 17.6 Å². The third-order valence-electron chi connectivity index (χ3n) is 5.55. The summed E-state index contributed by atoms with van der Waals surface area (Å²) in [5.41, 5.74) is 1.79. The van der Waals surface area contributed by atoms with Crippen LogP contribution in [0.5, 0.6) is 17.2 Å². The fraction of sp³-hybridized carbons (Fsp3) is 0.500. The minimum atomic E-state index is -0.394. The van der Waals surface area contributed by atoms with Crippen LogP contribution >= 0.6 is 11.6 Å². The Bertz CT molecular complexity index is 986. The number of methoxy groups -OCH3 is 1. The van der Waals surface area contributed by atoms with Crippen molar-refractivity contribution in [2.75, 3.05) is 33.4 Å². The fourth-order valence-corrected chi connectivity index (χ4v) is 4.20. The van der Waals surface area contributed by atoms with Gasteiger partial charge in [-0.1, -0.05) is 38.4 Å². The molecule has 1 N–H and O–H groups in total. The number of benzene rings is 2. The van der Waals surface area contributed by atoms with Crippen molar-refractivity contribution in [2.24, 2.45) is 11.8 Å². The molecule has 1 aliphatic heterocycles. The third-order valence-corrected chi connectivity index (χ3v) is 5.83. The summed E-state index contributed by atoms with van der Waals surface area (Å²) in [7, 11) is 1.44. The second kappa shape index (κ2) is 12.3. The van der Waals surface area contributed by atoms with Gasteiger partial charge in [-0.05, 0) is 41.3 Å². The Morgan fingerprint density at radius 1 is 1.18 bits per heavy atom. The molecule has 0 radical (unpaired) electrons. The van der Waals surface area contributed by atoms with E-state index in [0.717, 1.165) is 17.5 Å². The Morgan fingerprint density at radius 2 is 1.94 bits per heavy atom. The molecule has 34 heavy (non-hydrogen) atoms. The van der Waals surface area contributed by atoms with Gasteiger partial charge in [-0.15, -0.1) is 0 Å². The summed E-state index contributed by atoms with van der Waals surface area (Å²) in [6, 6.07) is 8.51. The van der Waals surface area contributed by atoms with Crippen molar-refractivity contribution in [3.05, 3.63) is 52.3 Å². The number of nitrogens with one attached hydrogen (secondary N) is 1. The fourth-order valence-electron chi connectivity index (χ4n) is 3.92. The molecule has 0 saturated carbocycles. The molecule has 8 heteroatoms. The van der Waals surface area contributed by atoms with Gasteiger partial charge < -0.3 is 24.4 Å². The molecule has 2 aromatic rings. The Morgan fingerprint density at radius 3 is 2.68 bits per heavy atom. The predicted molar refractivity (Wildman–Crippen MR) is 131 cm³/mol. The molecule has 1 aliphatic rings. The number of carbonyl (C=O) groups excluding carboxylic acids is 1. The van der Waals surface area contributed by atoms with E-state index >= 15 is 0 Å². The van der Waals surface area contributed by atoms with Gasteiger partial charge >= 0.3 is 0 Å². The van der Waals surface area contributed by atoms with Crippen LogP contribution in [0, 0.1) is 17.7 Å². The maximum Gasteiger partial charge on any atom is 0.226 e. The second-order valence-corrected chi connectivity index (χ2v) is 9.48. The number of ether oxygens (including phenoxy) is 3. The van der Waals surface area contributed by atoms with Gasteiger partial charge in [0.1, 0.15) is 0 Å². The lowest BCUT2D eigenvalue weighted by Gasteiger charge is -2.28. The molecule has 2 aromatic carbocycles. The molecule has 1 heterocycles. The van der Waals surface area contributed by atoms with Crippen molar-refractivity contribution in [2.45, 2.75) is 40.3 Å². The summed E-state index contributed by atoms with van der Waals surface area (Å²) >= 11 is 6.46. The largest absolute Gasteiger partial charge is 0.494 e. The van der Waals surface area contributed by atoms with Gasteiger partial charge in [0.15, 0.2) is 23.1 Å². The summed E-state index contributed by atoms with van der Waals surface area (Å²) < 4.78 is 30.2. The quantitative estimate of drug-likeness (QED) is 0.502. The first kappa shape index (κ1) is 26.1. The van der Waals surface area contributed by atoms with Gasteiger partial charge in [0.25, 0.3) is 0 Å². The monoisotopic (exact) mass is 492 g/mol. The van der Waals surface area contributed by atoms with Crippen LogP contribution in [-0.4, -0.2) is 44.2 Å². The summed E-state index contributed by atoms with van der Waals surface area (Å²) in [6.45, 7) is 9.30. The Labute approximate surface area is 206 Å². The number of hydrogen-bond acceptors (Lipinski definition) is 5. The molecular formula is C26H34ClFN2O4. The van der Waals surface area contributed by atoms with Crippen LogP contribution in [0.15, 0.2) is 30.3 Å². The molecule has 0 aromatic heterocycles. The molecule has 1 amide bonds. The lowest BCUT2D eigenvalue weighted by atomic mass is 10.1. The zero-order valence-corrected chi connectivity index (χ0v) is 21.1. The number of rotatable bonds is 10. The molecule has 0 fully saturated rings. The second-order valence-electron chi connectivity index (χ2n) is 9.07. The topological polar surface area (TPSA) is 60.0 Å². The van der Waals surface area contributed by atoms with E-state index in [2.05, 4.69) is 19.2 Å². The van der Waals surface area contributed by atoms with E-state index in [1.54, 1.807) is 12.1 Å². The Kier molecular flexibility index (Phi) is 9.42. The highest BCUT2D eigenvalue weighted by atomic mass is 35.5. The maximum absolute atomic E-state index is 13.6. The van der Waals surface area contributed by atoms with E-state index in [9.17, 15) is 9.18 Å².